The first-order valence-electron chi connectivity index (χ1n) is 2.61. The Morgan fingerprint density at radius 3 is 2.08 bits per heavy atom. The summed E-state index contributed by atoms with van der Waals surface area (Å²) in [4.78, 5) is 16.1. The van der Waals surface area contributed by atoms with Crippen molar-refractivity contribution in [3.63, 3.8) is 0 Å². The van der Waals surface area contributed by atoms with Crippen molar-refractivity contribution >= 4 is 0 Å². The van der Waals surface area contributed by atoms with E-state index in [0.29, 0.717) is 0 Å². The van der Waals surface area contributed by atoms with E-state index in [4.69, 9.17) is 5.11 Å². The topological polar surface area (TPSA) is 116 Å². The van der Waals surface area contributed by atoms with Crippen LogP contribution < -0.4 is 0 Å². The van der Waals surface area contributed by atoms with Crippen molar-refractivity contribution in [1.29, 1.82) is 0 Å². The van der Waals surface area contributed by atoms with Gasteiger partial charge in [0.25, 0.3) is 0 Å². The predicted molar refractivity (Wildman–Crippen MR) is 30.9 cm³/mol. The number of hydrogen-bond acceptors (Lipinski definition) is 6. The lowest BCUT2D eigenvalue weighted by molar-refractivity contribution is -0.833. The summed E-state index contributed by atoms with van der Waals surface area (Å²) in [7, 11) is 0. The fourth-order valence-electron chi connectivity index (χ4n) is 0.348. The minimum absolute atomic E-state index is 1.02. The van der Waals surface area contributed by atoms with Crippen LogP contribution in [0.1, 0.15) is 0 Å². The largest absolute Gasteiger partial charge is 0.637 e. The Labute approximate surface area is 64.8 Å². The van der Waals surface area contributed by atoms with E-state index in [1.807, 2.05) is 0 Å². The van der Waals surface area contributed by atoms with Crippen molar-refractivity contribution in [2.24, 2.45) is 0 Å². The predicted octanol–water partition coefficient (Wildman–Crippen LogP) is -0.870. The number of aliphatic hydroxyl groups excluding tert-OH is 1. The number of ether oxygens (including phenoxy) is 1. The molecule has 0 saturated carbocycles. The summed E-state index contributed by atoms with van der Waals surface area (Å²) in [5.74, 6) is -3.89. The zero-order chi connectivity index (χ0) is 9.78. The van der Waals surface area contributed by atoms with Crippen LogP contribution in [0.2, 0.25) is 0 Å². The van der Waals surface area contributed by atoms with E-state index < -0.39 is 29.2 Å². The van der Waals surface area contributed by atoms with Crippen molar-refractivity contribution in [3.05, 3.63) is 20.2 Å². The summed E-state index contributed by atoms with van der Waals surface area (Å²) in [6.45, 7) is -2.45. The van der Waals surface area contributed by atoms with E-state index in [-0.39, 0.29) is 0 Å². The molecule has 0 atom stereocenters. The van der Waals surface area contributed by atoms with E-state index in [2.05, 4.69) is 4.74 Å². The molecule has 0 aromatic rings. The minimum Gasteiger partial charge on any atom is -0.371 e. The van der Waals surface area contributed by atoms with E-state index in [1.165, 1.54) is 0 Å². The van der Waals surface area contributed by atoms with E-state index in [9.17, 15) is 24.6 Å². The van der Waals surface area contributed by atoms with Gasteiger partial charge in [0.1, 0.15) is 16.6 Å². The third-order valence-electron chi connectivity index (χ3n) is 0.937. The van der Waals surface area contributed by atoms with Gasteiger partial charge in [-0.25, -0.2) is 0 Å². The van der Waals surface area contributed by atoms with Crippen molar-refractivity contribution in [1.82, 2.24) is 0 Å². The van der Waals surface area contributed by atoms with Gasteiger partial charge in [0.15, 0.2) is 0 Å². The number of nitro groups is 2. The number of aliphatic hydroxyl groups is 1. The molecule has 0 aliphatic rings. The van der Waals surface area contributed by atoms with Crippen molar-refractivity contribution in [3.8, 4) is 0 Å². The third-order valence-corrected chi connectivity index (χ3v) is 0.937. The molecule has 0 fully saturated rings. The lowest BCUT2D eigenvalue weighted by Crippen LogP contribution is -2.46. The summed E-state index contributed by atoms with van der Waals surface area (Å²) < 4.78 is 16.4. The minimum atomic E-state index is -3.89. The summed E-state index contributed by atoms with van der Waals surface area (Å²) >= 11 is 0. The zero-order valence-electron chi connectivity index (χ0n) is 5.68. The normalized spacial score (nSPS) is 11.2. The molecule has 70 valence electrons. The number of halogens is 1. The molecular weight excluding hydrogens is 179 g/mol. The van der Waals surface area contributed by atoms with Crippen LogP contribution in [0.5, 0.6) is 0 Å². The molecule has 9 heteroatoms. The molecule has 0 aliphatic heterocycles. The van der Waals surface area contributed by atoms with Gasteiger partial charge in [-0.05, 0) is 0 Å². The fourth-order valence-corrected chi connectivity index (χ4v) is 0.348. The van der Waals surface area contributed by atoms with E-state index in [0.717, 1.165) is 0 Å². The maximum Gasteiger partial charge on any atom is 0.637 e. The Balaban J connectivity index is 4.40. The molecule has 1 N–H and O–H groups in total. The molecule has 0 aromatic carbocycles. The second kappa shape index (κ2) is 3.88. The summed E-state index contributed by atoms with van der Waals surface area (Å²) in [5.41, 5.74) is 0. The quantitative estimate of drug-likeness (QED) is 0.257. The molecule has 0 aliphatic carbocycles. The van der Waals surface area contributed by atoms with Gasteiger partial charge in [-0.1, -0.05) is 4.39 Å². The molecule has 12 heavy (non-hydrogen) atoms. The monoisotopic (exact) mass is 184 g/mol. The van der Waals surface area contributed by atoms with Gasteiger partial charge in [0.2, 0.25) is 6.61 Å². The van der Waals surface area contributed by atoms with Gasteiger partial charge >= 0.3 is 5.92 Å². The summed E-state index contributed by atoms with van der Waals surface area (Å²) in [6.07, 6.45) is 0. The van der Waals surface area contributed by atoms with Crippen LogP contribution in [0.25, 0.3) is 0 Å². The van der Waals surface area contributed by atoms with Crippen LogP contribution in [0.15, 0.2) is 0 Å². The van der Waals surface area contributed by atoms with Crippen LogP contribution in [0.4, 0.5) is 4.39 Å². The molecule has 0 unspecified atom stereocenters. The highest BCUT2D eigenvalue weighted by Gasteiger charge is 2.58. The fraction of sp³-hybridized carbons (Fsp3) is 1.00. The molecule has 8 nitrogen and oxygen atoms in total. The second-order valence-corrected chi connectivity index (χ2v) is 1.71. The highest BCUT2D eigenvalue weighted by atomic mass is 19.2. The average Bonchev–Trinajstić information content (AvgIpc) is 1.99. The van der Waals surface area contributed by atoms with Gasteiger partial charge in [-0.2, -0.15) is 0 Å². The van der Waals surface area contributed by atoms with Crippen molar-refractivity contribution in [2.75, 3.05) is 13.4 Å². The first-order valence-corrected chi connectivity index (χ1v) is 2.61. The van der Waals surface area contributed by atoms with Gasteiger partial charge in [0.05, 0.1) is 0 Å². The summed E-state index contributed by atoms with van der Waals surface area (Å²) in [6, 6.07) is 0. The Morgan fingerprint density at radius 1 is 1.42 bits per heavy atom. The molecule has 0 saturated heterocycles. The Bertz CT molecular complexity index is 181. The Morgan fingerprint density at radius 2 is 1.83 bits per heavy atom. The van der Waals surface area contributed by atoms with Crippen LogP contribution in [-0.4, -0.2) is 34.3 Å². The smallest absolute Gasteiger partial charge is 0.371 e. The summed E-state index contributed by atoms with van der Waals surface area (Å²) in [5, 5.41) is 27.6. The van der Waals surface area contributed by atoms with Crippen molar-refractivity contribution < 1.29 is 24.1 Å². The van der Waals surface area contributed by atoms with E-state index in [1.54, 1.807) is 0 Å². The lowest BCUT2D eigenvalue weighted by Gasteiger charge is -2.06. The maximum atomic E-state index is 12.6. The number of rotatable bonds is 5. The van der Waals surface area contributed by atoms with Gasteiger partial charge in [-0.3, -0.25) is 20.2 Å². The number of hydrogen-bond donors (Lipinski definition) is 1. The molecular formula is C3H5FN2O6. The van der Waals surface area contributed by atoms with Crippen LogP contribution in [0, 0.1) is 20.2 Å². The third kappa shape index (κ3) is 2.07. The van der Waals surface area contributed by atoms with Crippen LogP contribution in [0.3, 0.4) is 0 Å². The molecule has 0 bridgehead atoms. The van der Waals surface area contributed by atoms with Crippen LogP contribution >= 0.6 is 0 Å². The molecule has 0 amide bonds. The lowest BCUT2D eigenvalue weighted by atomic mass is 10.5. The van der Waals surface area contributed by atoms with Crippen LogP contribution in [-0.2, 0) is 4.74 Å². The zero-order valence-corrected chi connectivity index (χ0v) is 5.68. The molecule has 0 rings (SSSR count). The SMILES string of the molecule is O=[N+]([O-])C(F)(COCO)[N+](=O)[O-]. The molecule has 0 heterocycles. The first-order chi connectivity index (χ1) is 5.45. The Kier molecular flexibility index (Phi) is 3.44. The van der Waals surface area contributed by atoms with Gasteiger partial charge < -0.3 is 9.84 Å². The molecule has 0 spiro atoms. The second-order valence-electron chi connectivity index (χ2n) is 1.71. The standard InChI is InChI=1S/C3H5FN2O6/c4-3(5(8)9,6(10)11)1-12-2-7/h7H,1-2H2. The highest BCUT2D eigenvalue weighted by Crippen LogP contribution is 2.12. The maximum absolute atomic E-state index is 12.6. The Hall–Kier alpha value is -1.35. The van der Waals surface area contributed by atoms with Gasteiger partial charge in [-0.15, -0.1) is 0 Å². The number of nitrogens with zero attached hydrogens (tertiary/aromatic N) is 2. The van der Waals surface area contributed by atoms with Crippen molar-refractivity contribution in [2.45, 2.75) is 5.92 Å². The first kappa shape index (κ1) is 10.7. The van der Waals surface area contributed by atoms with E-state index >= 15 is 0 Å². The highest BCUT2D eigenvalue weighted by molar-refractivity contribution is 4.48. The van der Waals surface area contributed by atoms with Gasteiger partial charge in [0, 0.05) is 0 Å². The molecule has 0 radical (unpaired) electrons. The average molecular weight is 184 g/mol. The molecule has 0 aromatic heterocycles. The number of alkyl halides is 1.